The van der Waals surface area contributed by atoms with Crippen molar-refractivity contribution in [2.45, 2.75) is 16.9 Å². The first-order chi connectivity index (χ1) is 9.33. The van der Waals surface area contributed by atoms with Gasteiger partial charge in [0.05, 0.1) is 11.6 Å². The molecule has 2 nitrogen and oxygen atoms in total. The van der Waals surface area contributed by atoms with Crippen LogP contribution in [0.1, 0.15) is 4.88 Å². The summed E-state index contributed by atoms with van der Waals surface area (Å²) in [7, 11) is 0. The van der Waals surface area contributed by atoms with E-state index in [0.717, 1.165) is 4.88 Å². The highest BCUT2D eigenvalue weighted by Crippen LogP contribution is 2.41. The number of alkyl halides is 3. The highest BCUT2D eigenvalue weighted by atomic mass is 35.5. The van der Waals surface area contributed by atoms with Crippen molar-refractivity contribution in [1.29, 1.82) is 0 Å². The van der Waals surface area contributed by atoms with Crippen molar-refractivity contribution in [2.75, 3.05) is 5.32 Å². The number of aromatic nitrogens is 1. The fourth-order valence-electron chi connectivity index (χ4n) is 1.37. The standard InChI is InChI=1S/C11H7Cl2F3N2S2/c12-8-3-6(1-2-9(8)20-11(14,15)16)17-4-7-5-18-10(13)19-7/h1-3,5,17H,4H2. The summed E-state index contributed by atoms with van der Waals surface area (Å²) in [5, 5.41) is 3.10. The number of hydrogen-bond donors (Lipinski definition) is 1. The molecule has 20 heavy (non-hydrogen) atoms. The van der Waals surface area contributed by atoms with Gasteiger partial charge in [-0.25, -0.2) is 4.98 Å². The summed E-state index contributed by atoms with van der Waals surface area (Å²) in [4.78, 5) is 4.78. The van der Waals surface area contributed by atoms with Crippen LogP contribution in [0, 0.1) is 0 Å². The van der Waals surface area contributed by atoms with E-state index in [1.807, 2.05) is 0 Å². The molecule has 0 aliphatic rings. The molecule has 9 heteroatoms. The van der Waals surface area contributed by atoms with Crippen LogP contribution in [0.25, 0.3) is 0 Å². The molecule has 0 spiro atoms. The van der Waals surface area contributed by atoms with Crippen molar-refractivity contribution in [3.63, 3.8) is 0 Å². The van der Waals surface area contributed by atoms with Crippen LogP contribution >= 0.6 is 46.3 Å². The van der Waals surface area contributed by atoms with Crippen LogP contribution in [0.3, 0.4) is 0 Å². The van der Waals surface area contributed by atoms with Gasteiger partial charge in [0.15, 0.2) is 4.47 Å². The molecule has 1 heterocycles. The van der Waals surface area contributed by atoms with Gasteiger partial charge in [-0.2, -0.15) is 13.2 Å². The van der Waals surface area contributed by atoms with E-state index in [0.29, 0.717) is 16.7 Å². The Morgan fingerprint density at radius 3 is 2.60 bits per heavy atom. The zero-order valence-electron chi connectivity index (χ0n) is 9.67. The number of halogens is 5. The lowest BCUT2D eigenvalue weighted by atomic mass is 10.3. The minimum atomic E-state index is -4.35. The smallest absolute Gasteiger partial charge is 0.380 e. The van der Waals surface area contributed by atoms with E-state index in [2.05, 4.69) is 10.3 Å². The fraction of sp³-hybridized carbons (Fsp3) is 0.182. The molecule has 0 aliphatic carbocycles. The number of rotatable bonds is 4. The lowest BCUT2D eigenvalue weighted by Crippen LogP contribution is -2.00. The first kappa shape index (κ1) is 15.8. The summed E-state index contributed by atoms with van der Waals surface area (Å²) in [6.45, 7) is 0.479. The van der Waals surface area contributed by atoms with Gasteiger partial charge in [0.1, 0.15) is 0 Å². The van der Waals surface area contributed by atoms with Crippen LogP contribution in [0.4, 0.5) is 18.9 Å². The maximum absolute atomic E-state index is 12.3. The van der Waals surface area contributed by atoms with Gasteiger partial charge >= 0.3 is 5.51 Å². The zero-order chi connectivity index (χ0) is 14.8. The van der Waals surface area contributed by atoms with E-state index in [4.69, 9.17) is 23.2 Å². The molecule has 0 amide bonds. The second-order valence-corrected chi connectivity index (χ2v) is 6.84. The second-order valence-electron chi connectivity index (χ2n) is 3.63. The van der Waals surface area contributed by atoms with E-state index >= 15 is 0 Å². The number of thiazole rings is 1. The third-order valence-corrected chi connectivity index (χ3v) is 4.50. The molecule has 108 valence electrons. The van der Waals surface area contributed by atoms with Gasteiger partial charge in [-0.3, -0.25) is 0 Å². The minimum absolute atomic E-state index is 0.0226. The Bertz CT molecular complexity index is 602. The van der Waals surface area contributed by atoms with Crippen molar-refractivity contribution >= 4 is 52.0 Å². The first-order valence-corrected chi connectivity index (χ1v) is 7.62. The number of nitrogens with one attached hydrogen (secondary N) is 1. The van der Waals surface area contributed by atoms with Crippen molar-refractivity contribution in [3.05, 3.63) is 38.8 Å². The van der Waals surface area contributed by atoms with Crippen LogP contribution in [0.2, 0.25) is 9.49 Å². The van der Waals surface area contributed by atoms with Crippen LogP contribution in [-0.2, 0) is 6.54 Å². The maximum atomic E-state index is 12.3. The van der Waals surface area contributed by atoms with Gasteiger partial charge in [0, 0.05) is 21.7 Å². The van der Waals surface area contributed by atoms with Crippen LogP contribution in [-0.4, -0.2) is 10.5 Å². The molecule has 0 saturated carbocycles. The van der Waals surface area contributed by atoms with Gasteiger partial charge in [0.25, 0.3) is 0 Å². The quantitative estimate of drug-likeness (QED) is 0.712. The number of anilines is 1. The lowest BCUT2D eigenvalue weighted by Gasteiger charge is -2.10. The Balaban J connectivity index is 2.01. The predicted octanol–water partition coefficient (Wildman–Crippen LogP) is 5.67. The molecule has 0 saturated heterocycles. The van der Waals surface area contributed by atoms with Crippen LogP contribution < -0.4 is 5.32 Å². The zero-order valence-corrected chi connectivity index (χ0v) is 12.8. The number of thioether (sulfide) groups is 1. The number of hydrogen-bond acceptors (Lipinski definition) is 4. The Hall–Kier alpha value is -0.630. The van der Waals surface area contributed by atoms with Crippen molar-refractivity contribution in [2.24, 2.45) is 0 Å². The molecule has 0 fully saturated rings. The molecule has 0 atom stereocenters. The molecular weight excluding hydrogens is 352 g/mol. The SMILES string of the molecule is FC(F)(F)Sc1ccc(NCc2cnc(Cl)s2)cc1Cl. The summed E-state index contributed by atoms with van der Waals surface area (Å²) in [6.07, 6.45) is 1.63. The van der Waals surface area contributed by atoms with E-state index in [1.54, 1.807) is 12.3 Å². The summed E-state index contributed by atoms with van der Waals surface area (Å²) in [5.74, 6) is 0. The molecular formula is C11H7Cl2F3N2S2. The van der Waals surface area contributed by atoms with Gasteiger partial charge in [-0.05, 0) is 30.0 Å². The molecule has 1 N–H and O–H groups in total. The van der Waals surface area contributed by atoms with Crippen molar-refractivity contribution in [3.8, 4) is 0 Å². The fourth-order valence-corrected chi connectivity index (χ4v) is 3.13. The van der Waals surface area contributed by atoms with Crippen molar-refractivity contribution < 1.29 is 13.2 Å². The molecule has 0 unspecified atom stereocenters. The van der Waals surface area contributed by atoms with Crippen LogP contribution in [0.15, 0.2) is 29.3 Å². The average Bonchev–Trinajstić information content (AvgIpc) is 2.74. The second kappa shape index (κ2) is 6.43. The van der Waals surface area contributed by atoms with Gasteiger partial charge in [0.2, 0.25) is 0 Å². The Morgan fingerprint density at radius 1 is 1.30 bits per heavy atom. The largest absolute Gasteiger partial charge is 0.446 e. The third kappa shape index (κ3) is 4.73. The third-order valence-electron chi connectivity index (χ3n) is 2.15. The average molecular weight is 359 g/mol. The molecule has 0 aliphatic heterocycles. The van der Waals surface area contributed by atoms with E-state index < -0.39 is 5.51 Å². The normalized spacial score (nSPS) is 11.7. The van der Waals surface area contributed by atoms with Gasteiger partial charge in [-0.1, -0.05) is 23.2 Å². The molecule has 1 aromatic carbocycles. The topological polar surface area (TPSA) is 24.9 Å². The maximum Gasteiger partial charge on any atom is 0.446 e. The Labute approximate surface area is 131 Å². The highest BCUT2D eigenvalue weighted by Gasteiger charge is 2.30. The lowest BCUT2D eigenvalue weighted by molar-refractivity contribution is -0.0328. The van der Waals surface area contributed by atoms with Crippen molar-refractivity contribution in [1.82, 2.24) is 4.98 Å². The van der Waals surface area contributed by atoms with Crippen LogP contribution in [0.5, 0.6) is 0 Å². The first-order valence-electron chi connectivity index (χ1n) is 5.23. The summed E-state index contributed by atoms with van der Waals surface area (Å²) in [6, 6.07) is 4.34. The highest BCUT2D eigenvalue weighted by molar-refractivity contribution is 8.00. The Kier molecular flexibility index (Phi) is 5.06. The Morgan fingerprint density at radius 2 is 2.05 bits per heavy atom. The predicted molar refractivity (Wildman–Crippen MR) is 77.8 cm³/mol. The monoisotopic (exact) mass is 358 g/mol. The molecule has 1 aromatic heterocycles. The van der Waals surface area contributed by atoms with E-state index in [-0.39, 0.29) is 21.7 Å². The van der Waals surface area contributed by atoms with E-state index in [9.17, 15) is 13.2 Å². The molecule has 2 aromatic rings. The summed E-state index contributed by atoms with van der Waals surface area (Å²) < 4.78 is 37.2. The van der Waals surface area contributed by atoms with Gasteiger partial charge < -0.3 is 5.32 Å². The van der Waals surface area contributed by atoms with E-state index in [1.165, 1.54) is 23.5 Å². The number of benzene rings is 1. The minimum Gasteiger partial charge on any atom is -0.380 e. The molecule has 2 rings (SSSR count). The van der Waals surface area contributed by atoms with Gasteiger partial charge in [-0.15, -0.1) is 11.3 Å². The summed E-state index contributed by atoms with van der Waals surface area (Å²) >= 11 is 12.6. The molecule has 0 bridgehead atoms. The summed E-state index contributed by atoms with van der Waals surface area (Å²) in [5.41, 5.74) is -3.72. The molecule has 0 radical (unpaired) electrons. The number of nitrogens with zero attached hydrogens (tertiary/aromatic N) is 1.